The van der Waals surface area contributed by atoms with Crippen LogP contribution in [-0.2, 0) is 43.8 Å². The molecule has 0 aliphatic carbocycles. The molecule has 0 heterocycles. The van der Waals surface area contributed by atoms with Gasteiger partial charge in [-0.2, -0.15) is 0 Å². The number of esters is 2. The van der Waals surface area contributed by atoms with Gasteiger partial charge in [0.1, 0.15) is 0 Å². The molecule has 0 aliphatic rings. The molecule has 0 aliphatic heterocycles. The zero-order valence-corrected chi connectivity index (χ0v) is 19.8. The summed E-state index contributed by atoms with van der Waals surface area (Å²) in [5, 5.41) is 0. The van der Waals surface area contributed by atoms with Crippen LogP contribution in [0.4, 0.5) is 0 Å². The molecule has 32 heavy (non-hydrogen) atoms. The average Bonchev–Trinajstić information content (AvgIpc) is 2.77. The van der Waals surface area contributed by atoms with Crippen molar-refractivity contribution in [2.75, 3.05) is 26.4 Å². The van der Waals surface area contributed by atoms with Gasteiger partial charge in [-0.3, -0.25) is 13.6 Å². The maximum absolute atomic E-state index is 13.0. The summed E-state index contributed by atoms with van der Waals surface area (Å²) in [7, 11) is -3.80. The van der Waals surface area contributed by atoms with E-state index in [4.69, 9.17) is 23.0 Å². The van der Waals surface area contributed by atoms with Crippen LogP contribution in [0.2, 0.25) is 0 Å². The molecule has 0 amide bonds. The molecule has 0 unspecified atom stereocenters. The van der Waals surface area contributed by atoms with Gasteiger partial charge in [0.15, 0.2) is 0 Å². The summed E-state index contributed by atoms with van der Waals surface area (Å²) in [6, 6.07) is 9.26. The van der Waals surface area contributed by atoms with Crippen molar-refractivity contribution >= 4 is 19.8 Å². The number of hydrogen-bond acceptors (Lipinski definition) is 8. The molecule has 0 spiro atoms. The van der Waals surface area contributed by atoms with Crippen LogP contribution < -0.4 is 0 Å². The summed E-state index contributed by atoms with van der Waals surface area (Å²) in [6.45, 7) is 10.9. The number of unbranched alkanes of at least 4 members (excludes halogenated alkanes) is 2. The molecule has 1 aromatic carbocycles. The number of rotatable bonds is 17. The number of carbonyl (C=O) groups excluding carboxylic acids is 2. The van der Waals surface area contributed by atoms with E-state index in [0.29, 0.717) is 36.8 Å². The number of phosphoric acid groups is 1. The van der Waals surface area contributed by atoms with Crippen LogP contribution in [0.1, 0.15) is 45.1 Å². The van der Waals surface area contributed by atoms with E-state index >= 15 is 0 Å². The molecule has 0 bridgehead atoms. The highest BCUT2D eigenvalue weighted by atomic mass is 31.2. The summed E-state index contributed by atoms with van der Waals surface area (Å²) in [5.74, 6) is -0.889. The van der Waals surface area contributed by atoms with Crippen molar-refractivity contribution in [1.82, 2.24) is 0 Å². The Hall–Kier alpha value is -2.25. The molecule has 0 saturated heterocycles. The molecule has 1 rings (SSSR count). The van der Waals surface area contributed by atoms with Gasteiger partial charge < -0.3 is 9.47 Å². The zero-order chi connectivity index (χ0) is 23.8. The van der Waals surface area contributed by atoms with Gasteiger partial charge in [-0.1, -0.05) is 43.5 Å². The van der Waals surface area contributed by atoms with E-state index in [1.165, 1.54) is 0 Å². The van der Waals surface area contributed by atoms with Crippen LogP contribution in [0.25, 0.3) is 0 Å². The SMILES string of the molecule is C=C(C)C(=O)OCCCCOP(=O)(OCCCCOC(=O)C(=C)C)OCc1ccccc1. The van der Waals surface area contributed by atoms with Crippen molar-refractivity contribution in [2.24, 2.45) is 0 Å². The molecular weight excluding hydrogens is 435 g/mol. The van der Waals surface area contributed by atoms with Crippen molar-refractivity contribution in [1.29, 1.82) is 0 Å². The molecule has 9 heteroatoms. The molecule has 178 valence electrons. The van der Waals surface area contributed by atoms with Gasteiger partial charge >= 0.3 is 19.8 Å². The Labute approximate surface area is 190 Å². The van der Waals surface area contributed by atoms with E-state index in [0.717, 1.165) is 5.56 Å². The molecule has 0 fully saturated rings. The molecule has 0 atom stereocenters. The lowest BCUT2D eigenvalue weighted by Gasteiger charge is -2.18. The van der Waals surface area contributed by atoms with Crippen molar-refractivity contribution in [2.45, 2.75) is 46.1 Å². The van der Waals surface area contributed by atoms with Crippen LogP contribution in [0.15, 0.2) is 54.6 Å². The Morgan fingerprint density at radius 1 is 0.750 bits per heavy atom. The van der Waals surface area contributed by atoms with Crippen molar-refractivity contribution in [3.63, 3.8) is 0 Å². The molecule has 0 N–H and O–H groups in total. The largest absolute Gasteiger partial charge is 0.475 e. The van der Waals surface area contributed by atoms with E-state index < -0.39 is 19.8 Å². The minimum atomic E-state index is -3.80. The highest BCUT2D eigenvalue weighted by molar-refractivity contribution is 7.48. The average molecular weight is 468 g/mol. The lowest BCUT2D eigenvalue weighted by Crippen LogP contribution is -2.08. The topological polar surface area (TPSA) is 97.4 Å². The van der Waals surface area contributed by atoms with Gasteiger partial charge in [0.2, 0.25) is 0 Å². The van der Waals surface area contributed by atoms with Crippen LogP contribution in [0.3, 0.4) is 0 Å². The molecule has 0 saturated carbocycles. The van der Waals surface area contributed by atoms with E-state index in [2.05, 4.69) is 13.2 Å². The summed E-state index contributed by atoms with van der Waals surface area (Å²) < 4.78 is 39.4. The lowest BCUT2D eigenvalue weighted by molar-refractivity contribution is -0.139. The second-order valence-electron chi connectivity index (χ2n) is 7.12. The predicted molar refractivity (Wildman–Crippen MR) is 121 cm³/mol. The summed E-state index contributed by atoms with van der Waals surface area (Å²) in [5.41, 5.74) is 1.50. The van der Waals surface area contributed by atoms with E-state index in [9.17, 15) is 14.2 Å². The molecular formula is C23H33O8P. The first-order chi connectivity index (χ1) is 15.2. The third-order valence-corrected chi connectivity index (χ3v) is 5.41. The van der Waals surface area contributed by atoms with Gasteiger partial charge in [0, 0.05) is 11.1 Å². The molecule has 0 aromatic heterocycles. The van der Waals surface area contributed by atoms with Crippen LogP contribution >= 0.6 is 7.82 Å². The summed E-state index contributed by atoms with van der Waals surface area (Å²) in [4.78, 5) is 22.7. The fourth-order valence-corrected chi connectivity index (χ4v) is 3.41. The Balaban J connectivity index is 2.41. The van der Waals surface area contributed by atoms with Crippen LogP contribution in [0, 0.1) is 0 Å². The minimum absolute atomic E-state index is 0.0740. The predicted octanol–water partition coefficient (Wildman–Crippen LogP) is 5.14. The maximum atomic E-state index is 13.0. The fourth-order valence-electron chi connectivity index (χ4n) is 2.18. The maximum Gasteiger partial charge on any atom is 0.475 e. The van der Waals surface area contributed by atoms with Crippen molar-refractivity contribution < 1.29 is 37.2 Å². The van der Waals surface area contributed by atoms with E-state index in [-0.39, 0.29) is 33.0 Å². The van der Waals surface area contributed by atoms with Gasteiger partial charge in [0.25, 0.3) is 0 Å². The smallest absolute Gasteiger partial charge is 0.462 e. The van der Waals surface area contributed by atoms with Crippen LogP contribution in [-0.4, -0.2) is 38.4 Å². The van der Waals surface area contributed by atoms with Gasteiger partial charge in [-0.25, -0.2) is 14.2 Å². The summed E-state index contributed by atoms with van der Waals surface area (Å²) in [6.07, 6.45) is 2.07. The zero-order valence-electron chi connectivity index (χ0n) is 18.9. The van der Waals surface area contributed by atoms with Gasteiger partial charge in [0.05, 0.1) is 33.0 Å². The number of carbonyl (C=O) groups is 2. The molecule has 1 aromatic rings. The van der Waals surface area contributed by atoms with Crippen molar-refractivity contribution in [3.8, 4) is 0 Å². The Morgan fingerprint density at radius 3 is 1.62 bits per heavy atom. The highest BCUT2D eigenvalue weighted by Crippen LogP contribution is 2.50. The standard InChI is InChI=1S/C23H33O8P/c1-19(2)22(24)27-14-8-10-16-29-32(26,31-18-21-12-6-5-7-13-21)30-17-11-9-15-28-23(25)20(3)4/h5-7,12-13H,1,3,8-11,14-18H2,2,4H3. The van der Waals surface area contributed by atoms with Crippen molar-refractivity contribution in [3.05, 3.63) is 60.2 Å². The monoisotopic (exact) mass is 468 g/mol. The number of benzene rings is 1. The number of ether oxygens (including phenoxy) is 2. The first kappa shape index (κ1) is 27.8. The van der Waals surface area contributed by atoms with Gasteiger partial charge in [-0.15, -0.1) is 0 Å². The quantitative estimate of drug-likeness (QED) is 0.134. The number of phosphoric ester groups is 1. The molecule has 8 nitrogen and oxygen atoms in total. The van der Waals surface area contributed by atoms with E-state index in [1.54, 1.807) is 13.8 Å². The minimum Gasteiger partial charge on any atom is -0.462 e. The van der Waals surface area contributed by atoms with Gasteiger partial charge in [-0.05, 0) is 45.1 Å². The highest BCUT2D eigenvalue weighted by Gasteiger charge is 2.26. The first-order valence-corrected chi connectivity index (χ1v) is 11.9. The number of hydrogen-bond donors (Lipinski definition) is 0. The summed E-state index contributed by atoms with van der Waals surface area (Å²) >= 11 is 0. The molecule has 0 radical (unpaired) electrons. The lowest BCUT2D eigenvalue weighted by atomic mass is 10.2. The third-order valence-electron chi connectivity index (χ3n) is 3.97. The second-order valence-corrected chi connectivity index (χ2v) is 8.79. The third kappa shape index (κ3) is 12.6. The van der Waals surface area contributed by atoms with Crippen LogP contribution in [0.5, 0.6) is 0 Å². The Kier molecular flexibility index (Phi) is 13.5. The second kappa shape index (κ2) is 15.5. The fraction of sp³-hybridized carbons (Fsp3) is 0.478. The first-order valence-electron chi connectivity index (χ1n) is 10.5. The Morgan fingerprint density at radius 2 is 1.19 bits per heavy atom. The Bertz CT molecular complexity index is 748. The van der Waals surface area contributed by atoms with E-state index in [1.807, 2.05) is 30.3 Å². The normalized spacial score (nSPS) is 11.1.